The Hall–Kier alpha value is -2.75. The molecule has 1 aliphatic rings. The van der Waals surface area contributed by atoms with Crippen LogP contribution < -0.4 is 4.74 Å². The monoisotopic (exact) mass is 348 g/mol. The topological polar surface area (TPSA) is 45.3 Å². The Morgan fingerprint density at radius 1 is 1.19 bits per heavy atom. The molecule has 1 amide bonds. The van der Waals surface area contributed by atoms with E-state index in [2.05, 4.69) is 29.2 Å². The van der Waals surface area contributed by atoms with E-state index < -0.39 is 0 Å². The highest BCUT2D eigenvalue weighted by molar-refractivity contribution is 5.85. The van der Waals surface area contributed by atoms with Crippen LogP contribution in [0.3, 0.4) is 0 Å². The zero-order valence-electron chi connectivity index (χ0n) is 15.3. The quantitative estimate of drug-likeness (QED) is 0.778. The summed E-state index contributed by atoms with van der Waals surface area (Å²) in [7, 11) is 1.89. The number of hydrogen-bond acceptors (Lipinski definition) is 2. The summed E-state index contributed by atoms with van der Waals surface area (Å²) in [5.74, 6) is 0.763. The first-order valence-corrected chi connectivity index (χ1v) is 9.15. The first-order valence-electron chi connectivity index (χ1n) is 9.15. The zero-order valence-corrected chi connectivity index (χ0v) is 15.3. The van der Waals surface area contributed by atoms with Gasteiger partial charge in [-0.3, -0.25) is 4.79 Å². The third kappa shape index (κ3) is 3.19. The molecule has 0 fully saturated rings. The molecule has 2 aromatic carbocycles. The van der Waals surface area contributed by atoms with Gasteiger partial charge in [0.15, 0.2) is 6.61 Å². The summed E-state index contributed by atoms with van der Waals surface area (Å²) in [4.78, 5) is 18.0. The second kappa shape index (κ2) is 6.87. The molecular formula is C22H24N2O2. The fourth-order valence-corrected chi connectivity index (χ4v) is 3.77. The predicted octanol–water partition coefficient (Wildman–Crippen LogP) is 3.87. The van der Waals surface area contributed by atoms with Crippen LogP contribution in [0.25, 0.3) is 10.9 Å². The molecule has 0 bridgehead atoms. The van der Waals surface area contributed by atoms with Crippen molar-refractivity contribution in [1.82, 2.24) is 9.88 Å². The molecule has 0 spiro atoms. The van der Waals surface area contributed by atoms with Crippen LogP contribution in [0.15, 0.2) is 48.5 Å². The Kier molecular flexibility index (Phi) is 4.41. The van der Waals surface area contributed by atoms with Gasteiger partial charge in [0.1, 0.15) is 5.75 Å². The molecule has 4 nitrogen and oxygen atoms in total. The standard InChI is InChI=1S/C22H24N2O2/c1-15-7-10-17(11-8-15)26-14-22(25)24(2)16-9-12-21-19(13-16)18-5-3-4-6-20(18)23-21/h3-8,10-11,16,23H,9,12-14H2,1-2H3. The zero-order chi connectivity index (χ0) is 18.1. The molecule has 1 N–H and O–H groups in total. The number of fused-ring (bicyclic) bond motifs is 3. The number of carbonyl (C=O) groups is 1. The van der Waals surface area contributed by atoms with Gasteiger partial charge in [0, 0.05) is 29.7 Å². The van der Waals surface area contributed by atoms with Gasteiger partial charge >= 0.3 is 0 Å². The van der Waals surface area contributed by atoms with Gasteiger partial charge in [-0.15, -0.1) is 0 Å². The molecular weight excluding hydrogens is 324 g/mol. The van der Waals surface area contributed by atoms with Crippen LogP contribution >= 0.6 is 0 Å². The van der Waals surface area contributed by atoms with Gasteiger partial charge in [-0.2, -0.15) is 0 Å². The van der Waals surface area contributed by atoms with Crippen LogP contribution in [-0.4, -0.2) is 35.5 Å². The molecule has 1 aromatic heterocycles. The summed E-state index contributed by atoms with van der Waals surface area (Å²) in [5, 5.41) is 1.28. The molecule has 0 saturated heterocycles. The highest BCUT2D eigenvalue weighted by Gasteiger charge is 2.27. The van der Waals surface area contributed by atoms with E-state index in [0.717, 1.165) is 25.0 Å². The van der Waals surface area contributed by atoms with Crippen molar-refractivity contribution >= 4 is 16.8 Å². The van der Waals surface area contributed by atoms with Crippen LogP contribution in [0.5, 0.6) is 5.75 Å². The lowest BCUT2D eigenvalue weighted by atomic mass is 9.90. The fourth-order valence-electron chi connectivity index (χ4n) is 3.77. The number of benzene rings is 2. The van der Waals surface area contributed by atoms with Crippen molar-refractivity contribution in [3.8, 4) is 5.75 Å². The normalized spacial score (nSPS) is 16.3. The first kappa shape index (κ1) is 16.7. The minimum absolute atomic E-state index is 0.0267. The lowest BCUT2D eigenvalue weighted by Crippen LogP contribution is -2.42. The second-order valence-electron chi connectivity index (χ2n) is 7.13. The molecule has 1 unspecified atom stereocenters. The summed E-state index contributed by atoms with van der Waals surface area (Å²) >= 11 is 0. The summed E-state index contributed by atoms with van der Waals surface area (Å²) in [6, 6.07) is 16.4. The molecule has 134 valence electrons. The van der Waals surface area contributed by atoms with Crippen molar-refractivity contribution in [1.29, 1.82) is 0 Å². The minimum atomic E-state index is 0.0267. The third-order valence-corrected chi connectivity index (χ3v) is 5.39. The Labute approximate surface area is 153 Å². The van der Waals surface area contributed by atoms with Crippen molar-refractivity contribution in [3.63, 3.8) is 0 Å². The predicted molar refractivity (Wildman–Crippen MR) is 104 cm³/mol. The number of likely N-dealkylation sites (N-methyl/N-ethyl adjacent to an activating group) is 1. The smallest absolute Gasteiger partial charge is 0.260 e. The van der Waals surface area contributed by atoms with Crippen LogP contribution in [0.4, 0.5) is 0 Å². The van der Waals surface area contributed by atoms with E-state index in [1.165, 1.54) is 27.7 Å². The number of hydrogen-bond donors (Lipinski definition) is 1. The number of nitrogens with one attached hydrogen (secondary N) is 1. The van der Waals surface area contributed by atoms with E-state index >= 15 is 0 Å². The molecule has 1 aliphatic carbocycles. The maximum absolute atomic E-state index is 12.6. The molecule has 0 aliphatic heterocycles. The van der Waals surface area contributed by atoms with Gasteiger partial charge in [0.05, 0.1) is 0 Å². The number of ether oxygens (including phenoxy) is 1. The lowest BCUT2D eigenvalue weighted by Gasteiger charge is -2.31. The number of aromatic amines is 1. The van der Waals surface area contributed by atoms with Gasteiger partial charge in [-0.05, 0) is 49.9 Å². The molecule has 4 heteroatoms. The van der Waals surface area contributed by atoms with Crippen molar-refractivity contribution in [3.05, 3.63) is 65.4 Å². The van der Waals surface area contributed by atoms with Gasteiger partial charge < -0.3 is 14.6 Å². The number of rotatable bonds is 4. The van der Waals surface area contributed by atoms with E-state index in [9.17, 15) is 4.79 Å². The molecule has 1 atom stereocenters. The summed E-state index contributed by atoms with van der Waals surface area (Å²) < 4.78 is 5.66. The number of amides is 1. The summed E-state index contributed by atoms with van der Waals surface area (Å²) in [5.41, 5.74) is 5.04. The molecule has 1 heterocycles. The van der Waals surface area contributed by atoms with Gasteiger partial charge in [0.2, 0.25) is 0 Å². The van der Waals surface area contributed by atoms with Crippen LogP contribution in [-0.2, 0) is 17.6 Å². The summed E-state index contributed by atoms with van der Waals surface area (Å²) in [6.45, 7) is 2.11. The van der Waals surface area contributed by atoms with Crippen LogP contribution in [0, 0.1) is 6.92 Å². The van der Waals surface area contributed by atoms with Crippen LogP contribution in [0.1, 0.15) is 23.2 Å². The van der Waals surface area contributed by atoms with Crippen molar-refractivity contribution in [2.75, 3.05) is 13.7 Å². The second-order valence-corrected chi connectivity index (χ2v) is 7.13. The number of para-hydroxylation sites is 1. The largest absolute Gasteiger partial charge is 0.484 e. The lowest BCUT2D eigenvalue weighted by molar-refractivity contribution is -0.134. The highest BCUT2D eigenvalue weighted by Crippen LogP contribution is 2.30. The average Bonchev–Trinajstić information content (AvgIpc) is 3.04. The van der Waals surface area contributed by atoms with E-state index in [4.69, 9.17) is 4.74 Å². The van der Waals surface area contributed by atoms with E-state index in [1.54, 1.807) is 0 Å². The molecule has 0 radical (unpaired) electrons. The van der Waals surface area contributed by atoms with E-state index in [1.807, 2.05) is 43.1 Å². The fraction of sp³-hybridized carbons (Fsp3) is 0.318. The maximum Gasteiger partial charge on any atom is 0.260 e. The number of H-pyrrole nitrogens is 1. The molecule has 3 aromatic rings. The third-order valence-electron chi connectivity index (χ3n) is 5.39. The van der Waals surface area contributed by atoms with Gasteiger partial charge in [-0.25, -0.2) is 0 Å². The maximum atomic E-state index is 12.6. The average molecular weight is 348 g/mol. The Bertz CT molecular complexity index is 927. The Morgan fingerprint density at radius 3 is 2.77 bits per heavy atom. The Balaban J connectivity index is 1.42. The molecule has 4 rings (SSSR count). The Morgan fingerprint density at radius 2 is 1.96 bits per heavy atom. The number of aromatic nitrogens is 1. The van der Waals surface area contributed by atoms with E-state index in [0.29, 0.717) is 0 Å². The van der Waals surface area contributed by atoms with Crippen molar-refractivity contribution in [2.45, 2.75) is 32.2 Å². The van der Waals surface area contributed by atoms with Gasteiger partial charge in [0.25, 0.3) is 5.91 Å². The van der Waals surface area contributed by atoms with Crippen molar-refractivity contribution in [2.24, 2.45) is 0 Å². The highest BCUT2D eigenvalue weighted by atomic mass is 16.5. The van der Waals surface area contributed by atoms with Crippen molar-refractivity contribution < 1.29 is 9.53 Å². The SMILES string of the molecule is Cc1ccc(OCC(=O)N(C)C2CCc3[nH]c4ccccc4c3C2)cc1. The minimum Gasteiger partial charge on any atom is -0.484 e. The molecule has 0 saturated carbocycles. The van der Waals surface area contributed by atoms with E-state index in [-0.39, 0.29) is 18.6 Å². The number of nitrogens with zero attached hydrogens (tertiary/aromatic N) is 1. The van der Waals surface area contributed by atoms with Gasteiger partial charge in [-0.1, -0.05) is 35.9 Å². The number of aryl methyl sites for hydroxylation is 2. The van der Waals surface area contributed by atoms with Crippen LogP contribution in [0.2, 0.25) is 0 Å². The first-order chi connectivity index (χ1) is 12.6. The number of carbonyl (C=O) groups excluding carboxylic acids is 1. The molecule has 26 heavy (non-hydrogen) atoms. The summed E-state index contributed by atoms with van der Waals surface area (Å²) in [6.07, 6.45) is 2.85.